The predicted molar refractivity (Wildman–Crippen MR) is 101 cm³/mol. The van der Waals surface area contributed by atoms with Crippen LogP contribution in [0.15, 0.2) is 24.3 Å². The molecule has 0 saturated heterocycles. The van der Waals surface area contributed by atoms with Gasteiger partial charge in [-0.15, -0.1) is 0 Å². The van der Waals surface area contributed by atoms with Crippen LogP contribution in [0.4, 0.5) is 0 Å². The monoisotopic (exact) mass is 370 g/mol. The van der Waals surface area contributed by atoms with E-state index in [0.29, 0.717) is 19.0 Å². The highest BCUT2D eigenvalue weighted by Gasteiger charge is 2.24. The molecule has 7 nitrogen and oxygen atoms in total. The highest BCUT2D eigenvalue weighted by Crippen LogP contribution is 2.19. The number of benzene rings is 1. The Morgan fingerprint density at radius 3 is 1.73 bits per heavy atom. The number of hydrogen-bond donors (Lipinski definition) is 5. The van der Waals surface area contributed by atoms with Crippen LogP contribution in [-0.4, -0.2) is 84.0 Å². The summed E-state index contributed by atoms with van der Waals surface area (Å²) in [6, 6.07) is 7.16. The molecule has 0 amide bonds. The molecule has 1 rings (SSSR count). The molecule has 5 N–H and O–H groups in total. The lowest BCUT2D eigenvalue weighted by atomic mass is 10.0. The van der Waals surface area contributed by atoms with Gasteiger partial charge in [-0.3, -0.25) is 10.2 Å². The van der Waals surface area contributed by atoms with Gasteiger partial charge in [0.2, 0.25) is 0 Å². The molecule has 26 heavy (non-hydrogen) atoms. The van der Waals surface area contributed by atoms with Gasteiger partial charge < -0.3 is 25.2 Å². The third kappa shape index (κ3) is 6.59. The quantitative estimate of drug-likeness (QED) is 0.313. The van der Waals surface area contributed by atoms with Crippen molar-refractivity contribution in [3.63, 3.8) is 0 Å². The first kappa shape index (κ1) is 23.0. The third-order valence-corrected chi connectivity index (χ3v) is 4.62. The summed E-state index contributed by atoms with van der Waals surface area (Å²) in [5.74, 6) is 0.467. The normalized spacial score (nSPS) is 13.3. The molecule has 0 heterocycles. The molecule has 1 atom stereocenters. The Hall–Kier alpha value is -1.06. The summed E-state index contributed by atoms with van der Waals surface area (Å²) in [6.45, 7) is 4.21. The maximum Gasteiger partial charge on any atom is 0.133 e. The Balaban J connectivity index is 2.70. The molecule has 0 aromatic heterocycles. The molecule has 0 fully saturated rings. The lowest BCUT2D eigenvalue weighted by Crippen LogP contribution is -2.52. The van der Waals surface area contributed by atoms with E-state index < -0.39 is 12.1 Å². The standard InChI is InChI=1S/C19H34N2O5/c1-14(2)15-4-6-16(7-5-15)19(26-3)20-8-9-21(17(10-22)11-23)18(12-24)13-25/h4-7,14,17-20,22-25H,8-13H2,1-3H3. The number of ether oxygens (including phenoxy) is 1. The average molecular weight is 370 g/mol. The Labute approximate surface area is 156 Å². The molecule has 0 radical (unpaired) electrons. The fourth-order valence-electron chi connectivity index (χ4n) is 2.92. The number of aliphatic hydroxyl groups excluding tert-OH is 4. The zero-order chi connectivity index (χ0) is 19.5. The minimum Gasteiger partial charge on any atom is -0.395 e. The molecule has 0 bridgehead atoms. The Morgan fingerprint density at radius 2 is 1.35 bits per heavy atom. The van der Waals surface area contributed by atoms with Gasteiger partial charge in [-0.25, -0.2) is 0 Å². The van der Waals surface area contributed by atoms with Crippen LogP contribution in [-0.2, 0) is 4.74 Å². The molecule has 0 aliphatic carbocycles. The van der Waals surface area contributed by atoms with Gasteiger partial charge >= 0.3 is 0 Å². The zero-order valence-electron chi connectivity index (χ0n) is 16.0. The summed E-state index contributed by atoms with van der Waals surface area (Å²) in [4.78, 5) is 1.71. The van der Waals surface area contributed by atoms with Crippen molar-refractivity contribution in [3.8, 4) is 0 Å². The van der Waals surface area contributed by atoms with Crippen molar-refractivity contribution in [1.29, 1.82) is 0 Å². The van der Waals surface area contributed by atoms with Gasteiger partial charge in [0.25, 0.3) is 0 Å². The van der Waals surface area contributed by atoms with E-state index in [-0.39, 0.29) is 32.7 Å². The molecule has 0 spiro atoms. The SMILES string of the molecule is COC(NCCN(C(CO)CO)C(CO)CO)c1ccc(C(C)C)cc1. The number of methoxy groups -OCH3 is 1. The molecule has 1 aromatic rings. The second-order valence-electron chi connectivity index (χ2n) is 6.67. The topological polar surface area (TPSA) is 105 Å². The van der Waals surface area contributed by atoms with Crippen molar-refractivity contribution < 1.29 is 25.2 Å². The first-order valence-corrected chi connectivity index (χ1v) is 9.07. The maximum atomic E-state index is 9.43. The van der Waals surface area contributed by atoms with E-state index in [1.807, 2.05) is 12.1 Å². The second-order valence-corrected chi connectivity index (χ2v) is 6.67. The van der Waals surface area contributed by atoms with Crippen LogP contribution in [0.1, 0.15) is 37.1 Å². The minimum atomic E-state index is -0.535. The van der Waals surface area contributed by atoms with Gasteiger partial charge in [0, 0.05) is 20.2 Å². The van der Waals surface area contributed by atoms with E-state index in [1.54, 1.807) is 12.0 Å². The number of nitrogens with one attached hydrogen (secondary N) is 1. The van der Waals surface area contributed by atoms with Gasteiger partial charge in [0.05, 0.1) is 38.5 Å². The van der Waals surface area contributed by atoms with Gasteiger partial charge in [-0.05, 0) is 17.0 Å². The van der Waals surface area contributed by atoms with Crippen molar-refractivity contribution in [2.45, 2.75) is 38.1 Å². The van der Waals surface area contributed by atoms with E-state index >= 15 is 0 Å². The number of nitrogens with zero attached hydrogens (tertiary/aromatic N) is 1. The van der Waals surface area contributed by atoms with E-state index in [0.717, 1.165) is 5.56 Å². The second kappa shape index (κ2) is 12.3. The minimum absolute atomic E-state index is 0.253. The third-order valence-electron chi connectivity index (χ3n) is 4.62. The summed E-state index contributed by atoms with van der Waals surface area (Å²) in [7, 11) is 1.63. The largest absolute Gasteiger partial charge is 0.395 e. The first-order chi connectivity index (χ1) is 12.5. The number of aliphatic hydroxyl groups is 4. The number of rotatable bonds is 13. The number of hydrogen-bond acceptors (Lipinski definition) is 7. The molecular formula is C19H34N2O5. The van der Waals surface area contributed by atoms with Crippen LogP contribution in [0.2, 0.25) is 0 Å². The zero-order valence-corrected chi connectivity index (χ0v) is 16.0. The summed E-state index contributed by atoms with van der Waals surface area (Å²) in [5.41, 5.74) is 2.27. The van der Waals surface area contributed by atoms with Crippen molar-refractivity contribution in [3.05, 3.63) is 35.4 Å². The predicted octanol–water partition coefficient (Wildman–Crippen LogP) is 0.0530. The molecule has 1 aromatic carbocycles. The maximum absolute atomic E-state index is 9.43. The molecule has 0 aliphatic rings. The highest BCUT2D eigenvalue weighted by atomic mass is 16.5. The Kier molecular flexibility index (Phi) is 10.9. The van der Waals surface area contributed by atoms with Gasteiger partial charge in [-0.1, -0.05) is 38.1 Å². The van der Waals surface area contributed by atoms with E-state index in [4.69, 9.17) is 4.74 Å². The first-order valence-electron chi connectivity index (χ1n) is 9.07. The van der Waals surface area contributed by atoms with E-state index in [2.05, 4.69) is 31.3 Å². The lowest BCUT2D eigenvalue weighted by Gasteiger charge is -2.35. The molecule has 7 heteroatoms. The fourth-order valence-corrected chi connectivity index (χ4v) is 2.92. The smallest absolute Gasteiger partial charge is 0.133 e. The summed E-state index contributed by atoms with van der Waals surface area (Å²) >= 11 is 0. The van der Waals surface area contributed by atoms with Crippen LogP contribution in [0.3, 0.4) is 0 Å². The molecule has 0 aliphatic heterocycles. The van der Waals surface area contributed by atoms with Gasteiger partial charge in [-0.2, -0.15) is 0 Å². The van der Waals surface area contributed by atoms with Gasteiger partial charge in [0.15, 0.2) is 0 Å². The van der Waals surface area contributed by atoms with Crippen LogP contribution in [0.25, 0.3) is 0 Å². The van der Waals surface area contributed by atoms with Crippen LogP contribution >= 0.6 is 0 Å². The summed E-state index contributed by atoms with van der Waals surface area (Å²) in [5, 5.41) is 41.0. The molecular weight excluding hydrogens is 336 g/mol. The van der Waals surface area contributed by atoms with E-state index in [1.165, 1.54) is 5.56 Å². The lowest BCUT2D eigenvalue weighted by molar-refractivity contribution is -0.00187. The van der Waals surface area contributed by atoms with Crippen molar-refractivity contribution in [2.75, 3.05) is 46.6 Å². The van der Waals surface area contributed by atoms with Crippen LogP contribution in [0.5, 0.6) is 0 Å². The fraction of sp³-hybridized carbons (Fsp3) is 0.684. The summed E-state index contributed by atoms with van der Waals surface area (Å²) in [6.07, 6.45) is -0.290. The highest BCUT2D eigenvalue weighted by molar-refractivity contribution is 5.26. The van der Waals surface area contributed by atoms with Crippen molar-refractivity contribution >= 4 is 0 Å². The van der Waals surface area contributed by atoms with Crippen LogP contribution < -0.4 is 5.32 Å². The van der Waals surface area contributed by atoms with E-state index in [9.17, 15) is 20.4 Å². The Bertz CT molecular complexity index is 463. The van der Waals surface area contributed by atoms with Crippen molar-refractivity contribution in [1.82, 2.24) is 10.2 Å². The average Bonchev–Trinajstić information content (AvgIpc) is 2.66. The molecule has 0 saturated carbocycles. The summed E-state index contributed by atoms with van der Waals surface area (Å²) < 4.78 is 5.52. The molecule has 1 unspecified atom stereocenters. The van der Waals surface area contributed by atoms with Crippen LogP contribution in [0, 0.1) is 0 Å². The molecule has 150 valence electrons. The Morgan fingerprint density at radius 1 is 0.885 bits per heavy atom. The van der Waals surface area contributed by atoms with Crippen molar-refractivity contribution in [2.24, 2.45) is 0 Å². The van der Waals surface area contributed by atoms with Gasteiger partial charge in [0.1, 0.15) is 6.23 Å².